The van der Waals surface area contributed by atoms with E-state index in [2.05, 4.69) is 41.0 Å². The van der Waals surface area contributed by atoms with Crippen LogP contribution in [0.1, 0.15) is 0 Å². The highest BCUT2D eigenvalue weighted by molar-refractivity contribution is 6.26. The number of para-hydroxylation sites is 2. The Morgan fingerprint density at radius 1 is 0.571 bits per heavy atom. The fraction of sp³-hybridized carbons (Fsp3) is 0. The summed E-state index contributed by atoms with van der Waals surface area (Å²) in [5, 5.41) is 4.77. The van der Waals surface area contributed by atoms with Crippen LogP contribution >= 0.6 is 0 Å². The standard InChI is InChI=1S/C25H15NO2/c27-25-18-11-5-4-10-17(18)24-22(28-25)15-14-21-23(24)19-12-6-7-13-20(19)26(21)16-8-2-1-3-9-16/h1-15H. The third kappa shape index (κ3) is 1.96. The number of aromatic nitrogens is 1. The van der Waals surface area contributed by atoms with Gasteiger partial charge in [0, 0.05) is 27.2 Å². The van der Waals surface area contributed by atoms with Gasteiger partial charge in [-0.05, 0) is 36.4 Å². The summed E-state index contributed by atoms with van der Waals surface area (Å²) in [6, 6.07) is 30.3. The predicted molar refractivity (Wildman–Crippen MR) is 114 cm³/mol. The molecule has 2 aromatic heterocycles. The van der Waals surface area contributed by atoms with Crippen LogP contribution in [0.25, 0.3) is 49.2 Å². The molecule has 0 fully saturated rings. The van der Waals surface area contributed by atoms with Gasteiger partial charge in [-0.2, -0.15) is 0 Å². The quantitative estimate of drug-likeness (QED) is 0.264. The third-order valence-electron chi connectivity index (χ3n) is 5.43. The number of nitrogens with zero attached hydrogens (tertiary/aromatic N) is 1. The monoisotopic (exact) mass is 361 g/mol. The highest BCUT2D eigenvalue weighted by Gasteiger charge is 2.17. The Morgan fingerprint density at radius 2 is 1.25 bits per heavy atom. The zero-order valence-electron chi connectivity index (χ0n) is 14.9. The van der Waals surface area contributed by atoms with E-state index in [-0.39, 0.29) is 5.63 Å². The minimum Gasteiger partial charge on any atom is -0.422 e. The molecule has 28 heavy (non-hydrogen) atoms. The van der Waals surface area contributed by atoms with Gasteiger partial charge in [-0.25, -0.2) is 4.79 Å². The van der Waals surface area contributed by atoms with Crippen molar-refractivity contribution in [2.24, 2.45) is 0 Å². The normalized spacial score (nSPS) is 11.7. The first-order valence-corrected chi connectivity index (χ1v) is 9.26. The van der Waals surface area contributed by atoms with Gasteiger partial charge < -0.3 is 8.98 Å². The average Bonchev–Trinajstić information content (AvgIpc) is 3.09. The smallest absolute Gasteiger partial charge is 0.344 e. The fourth-order valence-electron chi connectivity index (χ4n) is 4.28. The summed E-state index contributed by atoms with van der Waals surface area (Å²) in [6.07, 6.45) is 0. The number of fused-ring (bicyclic) bond motifs is 7. The molecule has 2 heterocycles. The average molecular weight is 361 g/mol. The van der Waals surface area contributed by atoms with Crippen molar-refractivity contribution in [2.75, 3.05) is 0 Å². The van der Waals surface area contributed by atoms with Crippen LogP contribution in [0.3, 0.4) is 0 Å². The number of benzene rings is 4. The molecule has 0 amide bonds. The number of hydrogen-bond acceptors (Lipinski definition) is 2. The topological polar surface area (TPSA) is 35.1 Å². The molecule has 132 valence electrons. The van der Waals surface area contributed by atoms with Crippen molar-refractivity contribution in [1.82, 2.24) is 4.57 Å². The lowest BCUT2D eigenvalue weighted by atomic mass is 10.0. The summed E-state index contributed by atoms with van der Waals surface area (Å²) in [6.45, 7) is 0. The minimum absolute atomic E-state index is 0.297. The van der Waals surface area contributed by atoms with Gasteiger partial charge in [0.25, 0.3) is 0 Å². The number of rotatable bonds is 1. The molecule has 0 unspecified atom stereocenters. The van der Waals surface area contributed by atoms with E-state index < -0.39 is 0 Å². The Hall–Kier alpha value is -3.85. The van der Waals surface area contributed by atoms with Gasteiger partial charge in [-0.3, -0.25) is 0 Å². The highest BCUT2D eigenvalue weighted by Crippen LogP contribution is 2.38. The summed E-state index contributed by atoms with van der Waals surface area (Å²) in [4.78, 5) is 12.4. The third-order valence-corrected chi connectivity index (χ3v) is 5.43. The van der Waals surface area contributed by atoms with E-state index in [9.17, 15) is 4.79 Å². The molecule has 6 aromatic rings. The van der Waals surface area contributed by atoms with Gasteiger partial charge in [-0.15, -0.1) is 0 Å². The van der Waals surface area contributed by atoms with Crippen LogP contribution in [0.5, 0.6) is 0 Å². The van der Waals surface area contributed by atoms with Crippen molar-refractivity contribution in [3.8, 4) is 5.69 Å². The van der Waals surface area contributed by atoms with Gasteiger partial charge in [0.1, 0.15) is 5.58 Å². The maximum Gasteiger partial charge on any atom is 0.344 e. The molecule has 0 aliphatic carbocycles. The van der Waals surface area contributed by atoms with Crippen molar-refractivity contribution >= 4 is 43.5 Å². The molecule has 0 aliphatic heterocycles. The molecule has 0 radical (unpaired) electrons. The van der Waals surface area contributed by atoms with Crippen LogP contribution < -0.4 is 5.63 Å². The Balaban J connectivity index is 1.95. The van der Waals surface area contributed by atoms with Crippen molar-refractivity contribution < 1.29 is 4.42 Å². The van der Waals surface area contributed by atoms with E-state index in [4.69, 9.17) is 4.42 Å². The van der Waals surface area contributed by atoms with E-state index in [1.165, 1.54) is 0 Å². The summed E-state index contributed by atoms with van der Waals surface area (Å²) in [7, 11) is 0. The van der Waals surface area contributed by atoms with Crippen molar-refractivity contribution in [2.45, 2.75) is 0 Å². The fourth-order valence-corrected chi connectivity index (χ4v) is 4.28. The summed E-state index contributed by atoms with van der Waals surface area (Å²) in [5.41, 5.74) is 3.65. The van der Waals surface area contributed by atoms with Crippen LogP contribution in [0, 0.1) is 0 Å². The molecule has 0 spiro atoms. The first kappa shape index (κ1) is 15.2. The molecule has 0 saturated carbocycles. The Bertz CT molecular complexity index is 1570. The molecule has 3 nitrogen and oxygen atoms in total. The summed E-state index contributed by atoms with van der Waals surface area (Å²) >= 11 is 0. The second kappa shape index (κ2) is 5.57. The van der Waals surface area contributed by atoms with Gasteiger partial charge in [0.15, 0.2) is 0 Å². The summed E-state index contributed by atoms with van der Waals surface area (Å²) < 4.78 is 7.95. The van der Waals surface area contributed by atoms with E-state index in [1.54, 1.807) is 0 Å². The van der Waals surface area contributed by atoms with Crippen molar-refractivity contribution in [3.05, 3.63) is 101 Å². The Labute approximate surface area is 160 Å². The van der Waals surface area contributed by atoms with Gasteiger partial charge >= 0.3 is 5.63 Å². The molecule has 6 rings (SSSR count). The van der Waals surface area contributed by atoms with Gasteiger partial charge in [-0.1, -0.05) is 54.6 Å². The molecule has 0 N–H and O–H groups in total. The number of hydrogen-bond donors (Lipinski definition) is 0. The Kier molecular flexibility index (Phi) is 3.03. The van der Waals surface area contributed by atoms with Gasteiger partial charge in [0.2, 0.25) is 0 Å². The first-order chi connectivity index (χ1) is 13.8. The zero-order chi connectivity index (χ0) is 18.7. The zero-order valence-corrected chi connectivity index (χ0v) is 14.9. The van der Waals surface area contributed by atoms with E-state index in [0.717, 1.165) is 38.3 Å². The SMILES string of the molecule is O=c1oc2ccc3c(c4ccccc4n3-c3ccccc3)c2c2ccccc12. The van der Waals surface area contributed by atoms with Crippen molar-refractivity contribution in [3.63, 3.8) is 0 Å². The van der Waals surface area contributed by atoms with Crippen LogP contribution in [0.2, 0.25) is 0 Å². The molecule has 0 saturated heterocycles. The minimum atomic E-state index is -0.297. The van der Waals surface area contributed by atoms with Crippen LogP contribution in [-0.4, -0.2) is 4.57 Å². The molecular weight excluding hydrogens is 346 g/mol. The second-order valence-corrected chi connectivity index (χ2v) is 6.96. The lowest BCUT2D eigenvalue weighted by molar-refractivity contribution is 0.570. The maximum atomic E-state index is 12.4. The van der Waals surface area contributed by atoms with Crippen LogP contribution in [-0.2, 0) is 0 Å². The molecular formula is C25H15NO2. The summed E-state index contributed by atoms with van der Waals surface area (Å²) in [5.74, 6) is 0. The molecule has 3 heteroatoms. The van der Waals surface area contributed by atoms with E-state index in [0.29, 0.717) is 11.0 Å². The molecule has 4 aromatic carbocycles. The predicted octanol–water partition coefficient (Wildman–Crippen LogP) is 6.04. The van der Waals surface area contributed by atoms with Crippen LogP contribution in [0.15, 0.2) is 100 Å². The molecule has 0 atom stereocenters. The van der Waals surface area contributed by atoms with Gasteiger partial charge in [0.05, 0.1) is 16.4 Å². The van der Waals surface area contributed by atoms with E-state index in [1.807, 2.05) is 54.6 Å². The first-order valence-electron chi connectivity index (χ1n) is 9.26. The highest BCUT2D eigenvalue weighted by atomic mass is 16.4. The molecule has 0 bridgehead atoms. The second-order valence-electron chi connectivity index (χ2n) is 6.96. The lowest BCUT2D eigenvalue weighted by Crippen LogP contribution is -1.99. The van der Waals surface area contributed by atoms with E-state index >= 15 is 0 Å². The van der Waals surface area contributed by atoms with Crippen molar-refractivity contribution in [1.29, 1.82) is 0 Å². The Morgan fingerprint density at radius 3 is 2.07 bits per heavy atom. The lowest BCUT2D eigenvalue weighted by Gasteiger charge is -2.08. The largest absolute Gasteiger partial charge is 0.422 e. The molecule has 0 aliphatic rings. The maximum absolute atomic E-state index is 12.4. The van der Waals surface area contributed by atoms with Crippen LogP contribution in [0.4, 0.5) is 0 Å².